The van der Waals surface area contributed by atoms with Gasteiger partial charge >= 0.3 is 0 Å². The van der Waals surface area contributed by atoms with Crippen molar-refractivity contribution in [2.45, 2.75) is 31.1 Å². The van der Waals surface area contributed by atoms with Crippen LogP contribution in [0.3, 0.4) is 0 Å². The monoisotopic (exact) mass is 261 g/mol. The number of hydrogen-bond acceptors (Lipinski definition) is 5. The van der Waals surface area contributed by atoms with Crippen LogP contribution in [0, 0.1) is 0 Å². The Labute approximate surface area is 107 Å². The Morgan fingerprint density at radius 3 is 2.88 bits per heavy atom. The standard InChI is InChI=1S/C11H23N3O2S/c1-11(2)4-5-14(6-7-17-11)9(8-16-3)10(15)13-12/h9H,4-8,12H2,1-3H3,(H,13,15). The van der Waals surface area contributed by atoms with E-state index in [0.29, 0.717) is 6.61 Å². The summed E-state index contributed by atoms with van der Waals surface area (Å²) in [7, 11) is 1.60. The first-order valence-corrected chi connectivity index (χ1v) is 6.86. The predicted octanol–water partition coefficient (Wildman–Crippen LogP) is 0.209. The Bertz CT molecular complexity index is 261. The summed E-state index contributed by atoms with van der Waals surface area (Å²) in [5.41, 5.74) is 2.22. The molecule has 1 unspecified atom stereocenters. The third-order valence-corrected chi connectivity index (χ3v) is 4.45. The molecule has 5 nitrogen and oxygen atoms in total. The molecule has 100 valence electrons. The Kier molecular flexibility index (Phi) is 5.72. The van der Waals surface area contributed by atoms with E-state index in [9.17, 15) is 4.79 Å². The molecule has 17 heavy (non-hydrogen) atoms. The number of nitrogens with two attached hydrogens (primary N) is 1. The molecule has 1 rings (SSSR count). The summed E-state index contributed by atoms with van der Waals surface area (Å²) in [5, 5.41) is 0. The third kappa shape index (κ3) is 4.46. The first-order chi connectivity index (χ1) is 8.00. The van der Waals surface area contributed by atoms with Gasteiger partial charge in [0.2, 0.25) is 0 Å². The number of carbonyl (C=O) groups is 1. The van der Waals surface area contributed by atoms with E-state index in [1.54, 1.807) is 7.11 Å². The van der Waals surface area contributed by atoms with E-state index in [4.69, 9.17) is 10.6 Å². The van der Waals surface area contributed by atoms with Gasteiger partial charge in [0.15, 0.2) is 0 Å². The van der Waals surface area contributed by atoms with Gasteiger partial charge in [0.1, 0.15) is 6.04 Å². The summed E-state index contributed by atoms with van der Waals surface area (Å²) in [6.07, 6.45) is 1.07. The van der Waals surface area contributed by atoms with Gasteiger partial charge in [-0.3, -0.25) is 15.1 Å². The average molecular weight is 261 g/mol. The molecule has 0 bridgehead atoms. The average Bonchev–Trinajstić information content (AvgIpc) is 2.46. The van der Waals surface area contributed by atoms with Crippen LogP contribution in [0.25, 0.3) is 0 Å². The van der Waals surface area contributed by atoms with Crippen LogP contribution in [0.15, 0.2) is 0 Å². The molecule has 1 saturated heterocycles. The number of rotatable bonds is 4. The van der Waals surface area contributed by atoms with E-state index < -0.39 is 0 Å². The minimum atomic E-state index is -0.278. The quantitative estimate of drug-likeness (QED) is 0.430. The highest BCUT2D eigenvalue weighted by molar-refractivity contribution is 8.00. The van der Waals surface area contributed by atoms with Crippen LogP contribution in [0.1, 0.15) is 20.3 Å². The second kappa shape index (κ2) is 6.58. The number of hydrazine groups is 1. The minimum absolute atomic E-state index is 0.170. The SMILES string of the molecule is COCC(C(=O)NN)N1CCSC(C)(C)CC1. The molecule has 1 heterocycles. The number of carbonyl (C=O) groups excluding carboxylic acids is 1. The van der Waals surface area contributed by atoms with Crippen molar-refractivity contribution in [3.05, 3.63) is 0 Å². The van der Waals surface area contributed by atoms with Crippen molar-refractivity contribution >= 4 is 17.7 Å². The Balaban J connectivity index is 2.64. The first kappa shape index (κ1) is 14.8. The number of methoxy groups -OCH3 is 1. The highest BCUT2D eigenvalue weighted by atomic mass is 32.2. The highest BCUT2D eigenvalue weighted by Gasteiger charge is 2.30. The van der Waals surface area contributed by atoms with Gasteiger partial charge in [-0.15, -0.1) is 0 Å². The normalized spacial score (nSPS) is 22.8. The fraction of sp³-hybridized carbons (Fsp3) is 0.909. The number of nitrogens with zero attached hydrogens (tertiary/aromatic N) is 1. The lowest BCUT2D eigenvalue weighted by atomic mass is 10.1. The van der Waals surface area contributed by atoms with Crippen LogP contribution in [-0.4, -0.2) is 54.2 Å². The molecule has 0 saturated carbocycles. The van der Waals surface area contributed by atoms with Gasteiger partial charge in [-0.1, -0.05) is 13.8 Å². The third-order valence-electron chi connectivity index (χ3n) is 3.08. The van der Waals surface area contributed by atoms with E-state index in [1.165, 1.54) is 0 Å². The Morgan fingerprint density at radius 1 is 1.59 bits per heavy atom. The molecule has 1 aliphatic heterocycles. The van der Waals surface area contributed by atoms with E-state index in [2.05, 4.69) is 24.2 Å². The van der Waals surface area contributed by atoms with E-state index in [-0.39, 0.29) is 16.7 Å². The van der Waals surface area contributed by atoms with Crippen molar-refractivity contribution < 1.29 is 9.53 Å². The Morgan fingerprint density at radius 2 is 2.29 bits per heavy atom. The molecule has 1 aliphatic rings. The fourth-order valence-corrected chi connectivity index (χ4v) is 3.06. The zero-order chi connectivity index (χ0) is 12.9. The van der Waals surface area contributed by atoms with Gasteiger partial charge in [-0.05, 0) is 6.42 Å². The number of nitrogens with one attached hydrogen (secondary N) is 1. The van der Waals surface area contributed by atoms with Crippen molar-refractivity contribution in [2.75, 3.05) is 32.6 Å². The number of ether oxygens (including phenoxy) is 1. The predicted molar refractivity (Wildman–Crippen MR) is 70.7 cm³/mol. The molecule has 1 atom stereocenters. The second-order valence-electron chi connectivity index (χ2n) is 4.87. The summed E-state index contributed by atoms with van der Waals surface area (Å²) in [5.74, 6) is 6.08. The number of hydrogen-bond donors (Lipinski definition) is 2. The molecular formula is C11H23N3O2S. The molecular weight excluding hydrogens is 238 g/mol. The van der Waals surface area contributed by atoms with E-state index in [1.807, 2.05) is 11.8 Å². The molecule has 0 spiro atoms. The number of amides is 1. The smallest absolute Gasteiger partial charge is 0.253 e. The molecule has 1 fully saturated rings. The second-order valence-corrected chi connectivity index (χ2v) is 6.68. The molecule has 3 N–H and O–H groups in total. The topological polar surface area (TPSA) is 67.6 Å². The van der Waals surface area contributed by atoms with Crippen LogP contribution < -0.4 is 11.3 Å². The summed E-state index contributed by atoms with van der Waals surface area (Å²) in [6.45, 7) is 6.68. The lowest BCUT2D eigenvalue weighted by Gasteiger charge is -2.28. The molecule has 0 aromatic rings. The first-order valence-electron chi connectivity index (χ1n) is 5.87. The summed E-state index contributed by atoms with van der Waals surface area (Å²) in [4.78, 5) is 13.9. The maximum absolute atomic E-state index is 11.7. The van der Waals surface area contributed by atoms with Gasteiger partial charge in [-0.25, -0.2) is 5.84 Å². The Hall–Kier alpha value is -0.300. The van der Waals surface area contributed by atoms with Gasteiger partial charge < -0.3 is 4.74 Å². The fourth-order valence-electron chi connectivity index (χ4n) is 1.95. The van der Waals surface area contributed by atoms with E-state index in [0.717, 1.165) is 25.3 Å². The molecule has 1 amide bonds. The molecule has 0 aromatic carbocycles. The van der Waals surface area contributed by atoms with Crippen LogP contribution in [0.5, 0.6) is 0 Å². The van der Waals surface area contributed by atoms with Crippen molar-refractivity contribution in [2.24, 2.45) is 5.84 Å². The molecule has 0 aromatic heterocycles. The summed E-state index contributed by atoms with van der Waals surface area (Å²) < 4.78 is 5.39. The number of thioether (sulfide) groups is 1. The lowest BCUT2D eigenvalue weighted by Crippen LogP contribution is -2.52. The summed E-state index contributed by atoms with van der Waals surface area (Å²) >= 11 is 1.95. The molecule has 0 radical (unpaired) electrons. The largest absolute Gasteiger partial charge is 0.383 e. The van der Waals surface area contributed by atoms with Crippen LogP contribution in [-0.2, 0) is 9.53 Å². The zero-order valence-electron chi connectivity index (χ0n) is 10.9. The van der Waals surface area contributed by atoms with Gasteiger partial charge in [0, 0.05) is 30.7 Å². The van der Waals surface area contributed by atoms with Gasteiger partial charge in [0.05, 0.1) is 6.61 Å². The van der Waals surface area contributed by atoms with Crippen LogP contribution >= 0.6 is 11.8 Å². The van der Waals surface area contributed by atoms with Crippen molar-refractivity contribution in [3.63, 3.8) is 0 Å². The van der Waals surface area contributed by atoms with Gasteiger partial charge in [0.25, 0.3) is 5.91 Å². The summed E-state index contributed by atoms with van der Waals surface area (Å²) in [6, 6.07) is -0.278. The molecule has 0 aliphatic carbocycles. The lowest BCUT2D eigenvalue weighted by molar-refractivity contribution is -0.128. The molecule has 6 heteroatoms. The van der Waals surface area contributed by atoms with Crippen LogP contribution in [0.2, 0.25) is 0 Å². The zero-order valence-corrected chi connectivity index (χ0v) is 11.7. The minimum Gasteiger partial charge on any atom is -0.383 e. The van der Waals surface area contributed by atoms with Gasteiger partial charge in [-0.2, -0.15) is 11.8 Å². The maximum Gasteiger partial charge on any atom is 0.253 e. The van der Waals surface area contributed by atoms with Crippen molar-refractivity contribution in [1.29, 1.82) is 0 Å². The van der Waals surface area contributed by atoms with Crippen molar-refractivity contribution in [1.82, 2.24) is 10.3 Å². The van der Waals surface area contributed by atoms with Crippen LogP contribution in [0.4, 0.5) is 0 Å². The van der Waals surface area contributed by atoms with E-state index >= 15 is 0 Å². The highest BCUT2D eigenvalue weighted by Crippen LogP contribution is 2.31. The van der Waals surface area contributed by atoms with Crippen molar-refractivity contribution in [3.8, 4) is 0 Å². The maximum atomic E-state index is 11.7.